The number of nitrogens with one attached hydrogen (secondary N) is 1. The maximum Gasteiger partial charge on any atom is 0.133 e. The lowest BCUT2D eigenvalue weighted by Crippen LogP contribution is -2.20. The van der Waals surface area contributed by atoms with E-state index in [1.165, 1.54) is 18.4 Å². The Kier molecular flexibility index (Phi) is 4.07. The topological polar surface area (TPSA) is 45.4 Å². The summed E-state index contributed by atoms with van der Waals surface area (Å²) in [6.45, 7) is 0.512. The molecule has 0 saturated heterocycles. The van der Waals surface area contributed by atoms with E-state index in [-0.39, 0.29) is 13.1 Å². The highest BCUT2D eigenvalue weighted by Gasteiger charge is 2.09. The maximum absolute atomic E-state index is 12.9. The zero-order valence-corrected chi connectivity index (χ0v) is 9.57. The summed E-state index contributed by atoms with van der Waals surface area (Å²) >= 11 is 0. The smallest absolute Gasteiger partial charge is 0.133 e. The first kappa shape index (κ1) is 12.7. The Bertz CT molecular complexity index is 479. The van der Waals surface area contributed by atoms with Crippen LogP contribution in [0.2, 0.25) is 0 Å². The number of benzene rings is 1. The van der Waals surface area contributed by atoms with Crippen molar-refractivity contribution in [3.8, 4) is 0 Å². The molecule has 0 aliphatic heterocycles. The van der Waals surface area contributed by atoms with Gasteiger partial charge in [0.25, 0.3) is 0 Å². The summed E-state index contributed by atoms with van der Waals surface area (Å²) in [4.78, 5) is 0. The molecule has 0 spiro atoms. The van der Waals surface area contributed by atoms with Crippen molar-refractivity contribution in [1.29, 1.82) is 0 Å². The van der Waals surface area contributed by atoms with Crippen LogP contribution >= 0.6 is 0 Å². The predicted octanol–water partition coefficient (Wildman–Crippen LogP) is 2.38. The largest absolute Gasteiger partial charge is 0.467 e. The zero-order chi connectivity index (χ0) is 13.0. The van der Waals surface area contributed by atoms with E-state index in [0.29, 0.717) is 11.3 Å². The number of halogens is 2. The second-order valence-electron chi connectivity index (χ2n) is 3.94. The molecule has 96 valence electrons. The number of hydrogen-bond acceptors (Lipinski definition) is 3. The first-order valence-corrected chi connectivity index (χ1v) is 5.52. The minimum Gasteiger partial charge on any atom is -0.467 e. The monoisotopic (exact) mass is 253 g/mol. The van der Waals surface area contributed by atoms with Crippen LogP contribution in [0.5, 0.6) is 0 Å². The molecule has 3 nitrogen and oxygen atoms in total. The summed E-state index contributed by atoms with van der Waals surface area (Å²) < 4.78 is 30.8. The van der Waals surface area contributed by atoms with Gasteiger partial charge in [0.2, 0.25) is 0 Å². The Morgan fingerprint density at radius 3 is 2.56 bits per heavy atom. The average Bonchev–Trinajstić information content (AvgIpc) is 2.80. The molecule has 2 N–H and O–H groups in total. The van der Waals surface area contributed by atoms with Crippen molar-refractivity contribution in [1.82, 2.24) is 5.32 Å². The summed E-state index contributed by atoms with van der Waals surface area (Å²) in [6.07, 6.45) is 0.693. The van der Waals surface area contributed by atoms with Crippen LogP contribution in [0, 0.1) is 11.6 Å². The molecule has 2 aromatic rings. The van der Waals surface area contributed by atoms with Gasteiger partial charge >= 0.3 is 0 Å². The van der Waals surface area contributed by atoms with Gasteiger partial charge in [-0.2, -0.15) is 0 Å². The quantitative estimate of drug-likeness (QED) is 0.860. The van der Waals surface area contributed by atoms with Crippen molar-refractivity contribution < 1.29 is 18.3 Å². The van der Waals surface area contributed by atoms with Crippen LogP contribution in [0.25, 0.3) is 0 Å². The standard InChI is InChI=1S/C13H13F2NO2/c14-10-4-9(5-11(15)6-10)7-16-8-12(17)13-2-1-3-18-13/h1-6,12,16-17H,7-8H2. The molecule has 0 aliphatic rings. The van der Waals surface area contributed by atoms with Crippen LogP contribution in [0.3, 0.4) is 0 Å². The molecule has 1 atom stereocenters. The van der Waals surface area contributed by atoms with Gasteiger partial charge in [-0.1, -0.05) is 0 Å². The summed E-state index contributed by atoms with van der Waals surface area (Å²) in [6, 6.07) is 6.65. The van der Waals surface area contributed by atoms with Gasteiger partial charge in [0.1, 0.15) is 23.5 Å². The van der Waals surface area contributed by atoms with Crippen molar-refractivity contribution in [3.05, 3.63) is 59.6 Å². The van der Waals surface area contributed by atoms with E-state index in [1.54, 1.807) is 12.1 Å². The lowest BCUT2D eigenvalue weighted by molar-refractivity contribution is 0.147. The van der Waals surface area contributed by atoms with Crippen molar-refractivity contribution in [3.63, 3.8) is 0 Å². The third-order valence-corrected chi connectivity index (χ3v) is 2.46. The Balaban J connectivity index is 1.85. The minimum absolute atomic E-state index is 0.242. The normalized spacial score (nSPS) is 12.6. The van der Waals surface area contributed by atoms with Gasteiger partial charge in [0, 0.05) is 19.2 Å². The van der Waals surface area contributed by atoms with E-state index in [2.05, 4.69) is 5.32 Å². The van der Waals surface area contributed by atoms with E-state index in [1.807, 2.05) is 0 Å². The van der Waals surface area contributed by atoms with E-state index < -0.39 is 17.7 Å². The molecule has 0 saturated carbocycles. The van der Waals surface area contributed by atoms with Gasteiger partial charge in [-0.3, -0.25) is 0 Å². The third kappa shape index (κ3) is 3.38. The van der Waals surface area contributed by atoms with Crippen molar-refractivity contribution in [2.24, 2.45) is 0 Å². The first-order chi connectivity index (χ1) is 8.65. The molecular formula is C13H13F2NO2. The highest BCUT2D eigenvalue weighted by Crippen LogP contribution is 2.12. The molecule has 0 aliphatic carbocycles. The summed E-state index contributed by atoms with van der Waals surface area (Å²) in [5, 5.41) is 12.6. The molecule has 5 heteroatoms. The summed E-state index contributed by atoms with van der Waals surface area (Å²) in [5.74, 6) is -0.773. The molecule has 0 fully saturated rings. The first-order valence-electron chi connectivity index (χ1n) is 5.52. The second kappa shape index (κ2) is 5.75. The van der Waals surface area contributed by atoms with Crippen LogP contribution in [0.1, 0.15) is 17.4 Å². The van der Waals surface area contributed by atoms with E-state index in [9.17, 15) is 13.9 Å². The molecule has 1 unspecified atom stereocenters. The Morgan fingerprint density at radius 2 is 1.94 bits per heavy atom. The van der Waals surface area contributed by atoms with Crippen molar-refractivity contribution in [2.75, 3.05) is 6.54 Å². The fourth-order valence-corrected chi connectivity index (χ4v) is 1.65. The molecule has 0 radical (unpaired) electrons. The lowest BCUT2D eigenvalue weighted by Gasteiger charge is -2.09. The van der Waals surface area contributed by atoms with Gasteiger partial charge in [0.05, 0.1) is 6.26 Å². The van der Waals surface area contributed by atoms with Crippen LogP contribution in [0.4, 0.5) is 8.78 Å². The zero-order valence-electron chi connectivity index (χ0n) is 9.57. The van der Waals surface area contributed by atoms with Gasteiger partial charge in [-0.05, 0) is 29.8 Å². The van der Waals surface area contributed by atoms with Crippen LogP contribution in [0.15, 0.2) is 41.0 Å². The van der Waals surface area contributed by atoms with Gasteiger partial charge in [0.15, 0.2) is 0 Å². The number of aliphatic hydroxyl groups is 1. The van der Waals surface area contributed by atoms with E-state index >= 15 is 0 Å². The molecule has 1 aromatic carbocycles. The van der Waals surface area contributed by atoms with E-state index in [0.717, 1.165) is 6.07 Å². The average molecular weight is 253 g/mol. The highest BCUT2D eigenvalue weighted by molar-refractivity contribution is 5.17. The number of furan rings is 1. The molecule has 0 amide bonds. The summed E-state index contributed by atoms with van der Waals surface area (Å²) in [5.41, 5.74) is 0.485. The minimum atomic E-state index is -0.779. The maximum atomic E-state index is 12.9. The van der Waals surface area contributed by atoms with Crippen LogP contribution in [-0.4, -0.2) is 11.7 Å². The molecule has 1 aromatic heterocycles. The highest BCUT2D eigenvalue weighted by atomic mass is 19.1. The fraction of sp³-hybridized carbons (Fsp3) is 0.231. The third-order valence-electron chi connectivity index (χ3n) is 2.46. The molecule has 2 rings (SSSR count). The molecule has 1 heterocycles. The predicted molar refractivity (Wildman–Crippen MR) is 61.7 cm³/mol. The summed E-state index contributed by atoms with van der Waals surface area (Å²) in [7, 11) is 0. The van der Waals surface area contributed by atoms with Gasteiger partial charge in [-0.25, -0.2) is 8.78 Å². The van der Waals surface area contributed by atoms with Crippen molar-refractivity contribution in [2.45, 2.75) is 12.6 Å². The number of aliphatic hydroxyl groups excluding tert-OH is 1. The van der Waals surface area contributed by atoms with E-state index in [4.69, 9.17) is 4.42 Å². The van der Waals surface area contributed by atoms with Crippen LogP contribution < -0.4 is 5.32 Å². The fourth-order valence-electron chi connectivity index (χ4n) is 1.65. The van der Waals surface area contributed by atoms with Gasteiger partial charge < -0.3 is 14.8 Å². The number of rotatable bonds is 5. The Hall–Kier alpha value is -1.72. The number of hydrogen-bond donors (Lipinski definition) is 2. The Labute approximate surface area is 103 Å². The second-order valence-corrected chi connectivity index (χ2v) is 3.94. The van der Waals surface area contributed by atoms with Gasteiger partial charge in [-0.15, -0.1) is 0 Å². The lowest BCUT2D eigenvalue weighted by atomic mass is 10.2. The SMILES string of the molecule is OC(CNCc1cc(F)cc(F)c1)c1ccco1. The molecule has 0 bridgehead atoms. The van der Waals surface area contributed by atoms with Crippen molar-refractivity contribution >= 4 is 0 Å². The van der Waals surface area contributed by atoms with Crippen LogP contribution in [-0.2, 0) is 6.54 Å². The molecule has 18 heavy (non-hydrogen) atoms. The molecular weight excluding hydrogens is 240 g/mol. The Morgan fingerprint density at radius 1 is 1.22 bits per heavy atom.